The number of esters is 1. The van der Waals surface area contributed by atoms with E-state index in [1.54, 1.807) is 11.5 Å². The van der Waals surface area contributed by atoms with Gasteiger partial charge in [-0.1, -0.05) is 71.1 Å². The summed E-state index contributed by atoms with van der Waals surface area (Å²) in [6.07, 6.45) is 14.9. The van der Waals surface area contributed by atoms with Crippen molar-refractivity contribution >= 4 is 28.5 Å². The number of unbranched alkanes of at least 4 members (excludes halogenated alkanes) is 10. The quantitative estimate of drug-likeness (QED) is 0.204. The van der Waals surface area contributed by atoms with Gasteiger partial charge in [-0.2, -0.15) is 0 Å². The van der Waals surface area contributed by atoms with Crippen molar-refractivity contribution < 1.29 is 18.7 Å². The maximum absolute atomic E-state index is 14.8. The van der Waals surface area contributed by atoms with Crippen LogP contribution in [0.4, 0.5) is 10.1 Å². The molecule has 0 spiro atoms. The molecule has 0 saturated heterocycles. The number of nitrogens with one attached hydrogen (secondary N) is 1. The number of hydrogen-bond acceptors (Lipinski definition) is 4. The Labute approximate surface area is 208 Å². The predicted octanol–water partition coefficient (Wildman–Crippen LogP) is 6.98. The first-order valence-electron chi connectivity index (χ1n) is 13.3. The standard InChI is InChI=1S/C28H41FN2O4/c1-4-7-8-9-10-11-12-13-14-15-16-17-26(32)30-24-19-25-21(18-23(24)29)27(33)22(20-31(25)5-2)28(34)35-6-3/h18-20H,4-17H2,1-3H3,(H,30,32). The number of amides is 1. The number of nitrogens with zero attached hydrogens (tertiary/aromatic N) is 1. The maximum Gasteiger partial charge on any atom is 0.343 e. The molecule has 0 bridgehead atoms. The van der Waals surface area contributed by atoms with Crippen LogP contribution in [0.5, 0.6) is 0 Å². The third kappa shape index (κ3) is 8.79. The van der Waals surface area contributed by atoms with E-state index in [1.807, 2.05) is 6.92 Å². The summed E-state index contributed by atoms with van der Waals surface area (Å²) in [4.78, 5) is 37.3. The van der Waals surface area contributed by atoms with E-state index in [4.69, 9.17) is 4.74 Å². The van der Waals surface area contributed by atoms with Crippen molar-refractivity contribution in [3.05, 3.63) is 39.9 Å². The average Bonchev–Trinajstić information content (AvgIpc) is 2.84. The largest absolute Gasteiger partial charge is 0.462 e. The fraction of sp³-hybridized carbons (Fsp3) is 0.607. The normalized spacial score (nSPS) is 11.1. The first-order valence-corrected chi connectivity index (χ1v) is 13.3. The van der Waals surface area contributed by atoms with Crippen LogP contribution in [0, 0.1) is 5.82 Å². The van der Waals surface area contributed by atoms with Gasteiger partial charge in [0.1, 0.15) is 11.4 Å². The molecule has 0 unspecified atom stereocenters. The fourth-order valence-corrected chi connectivity index (χ4v) is 4.28. The van der Waals surface area contributed by atoms with Gasteiger partial charge in [0.25, 0.3) is 0 Å². The molecule has 1 heterocycles. The molecule has 0 atom stereocenters. The van der Waals surface area contributed by atoms with Gasteiger partial charge in [0.15, 0.2) is 0 Å². The van der Waals surface area contributed by atoms with Gasteiger partial charge in [0.2, 0.25) is 11.3 Å². The van der Waals surface area contributed by atoms with E-state index in [-0.39, 0.29) is 29.2 Å². The molecule has 1 N–H and O–H groups in total. The third-order valence-corrected chi connectivity index (χ3v) is 6.29. The van der Waals surface area contributed by atoms with Crippen LogP contribution in [0.2, 0.25) is 0 Å². The van der Waals surface area contributed by atoms with E-state index in [9.17, 15) is 18.8 Å². The van der Waals surface area contributed by atoms with Gasteiger partial charge in [-0.05, 0) is 32.4 Å². The molecule has 7 heteroatoms. The van der Waals surface area contributed by atoms with E-state index in [1.165, 1.54) is 63.6 Å². The minimum atomic E-state index is -0.730. The van der Waals surface area contributed by atoms with Crippen LogP contribution in [-0.4, -0.2) is 23.1 Å². The molecule has 2 rings (SSSR count). The summed E-state index contributed by atoms with van der Waals surface area (Å²) >= 11 is 0. The van der Waals surface area contributed by atoms with Crippen molar-refractivity contribution in [2.24, 2.45) is 0 Å². The molecular formula is C28H41FN2O4. The number of hydrogen-bond donors (Lipinski definition) is 1. The van der Waals surface area contributed by atoms with Crippen LogP contribution in [0.1, 0.15) is 108 Å². The van der Waals surface area contributed by atoms with Crippen molar-refractivity contribution in [1.29, 1.82) is 0 Å². The summed E-state index contributed by atoms with van der Waals surface area (Å²) in [6.45, 7) is 6.34. The third-order valence-electron chi connectivity index (χ3n) is 6.29. The van der Waals surface area contributed by atoms with E-state index >= 15 is 0 Å². The molecule has 0 saturated carbocycles. The van der Waals surface area contributed by atoms with Crippen LogP contribution in [-0.2, 0) is 16.1 Å². The number of aromatic nitrogens is 1. The molecule has 194 valence electrons. The van der Waals surface area contributed by atoms with E-state index in [0.717, 1.165) is 25.3 Å². The van der Waals surface area contributed by atoms with Gasteiger partial charge in [0.05, 0.1) is 17.8 Å². The van der Waals surface area contributed by atoms with Crippen LogP contribution in [0.15, 0.2) is 23.1 Å². The number of carbonyl (C=O) groups excluding carboxylic acids is 2. The van der Waals surface area contributed by atoms with Crippen LogP contribution in [0.25, 0.3) is 10.9 Å². The Morgan fingerprint density at radius 1 is 0.914 bits per heavy atom. The van der Waals surface area contributed by atoms with Crippen LogP contribution in [0.3, 0.4) is 0 Å². The molecule has 35 heavy (non-hydrogen) atoms. The molecule has 1 aromatic carbocycles. The topological polar surface area (TPSA) is 77.4 Å². The second-order valence-corrected chi connectivity index (χ2v) is 9.06. The second kappa shape index (κ2) is 15.3. The Morgan fingerprint density at radius 3 is 2.09 bits per heavy atom. The lowest BCUT2D eigenvalue weighted by Gasteiger charge is -2.14. The Balaban J connectivity index is 1.89. The molecular weight excluding hydrogens is 447 g/mol. The number of carbonyl (C=O) groups is 2. The van der Waals surface area contributed by atoms with Crippen molar-refractivity contribution in [1.82, 2.24) is 4.57 Å². The molecule has 1 amide bonds. The van der Waals surface area contributed by atoms with Crippen molar-refractivity contribution in [3.8, 4) is 0 Å². The SMILES string of the molecule is CCCCCCCCCCCCCC(=O)Nc1cc2c(cc1F)c(=O)c(C(=O)OCC)cn2CC. The zero-order valence-electron chi connectivity index (χ0n) is 21.6. The summed E-state index contributed by atoms with van der Waals surface area (Å²) in [7, 11) is 0. The van der Waals surface area contributed by atoms with E-state index in [2.05, 4.69) is 12.2 Å². The number of aryl methyl sites for hydroxylation is 1. The Kier molecular flexibility index (Phi) is 12.5. The van der Waals surface area contributed by atoms with Crippen molar-refractivity contribution in [2.45, 2.75) is 104 Å². The van der Waals surface area contributed by atoms with Crippen LogP contribution < -0.4 is 10.7 Å². The number of benzene rings is 1. The Morgan fingerprint density at radius 2 is 1.51 bits per heavy atom. The maximum atomic E-state index is 14.8. The summed E-state index contributed by atoms with van der Waals surface area (Å²) in [5.74, 6) is -1.68. The van der Waals surface area contributed by atoms with Gasteiger partial charge in [-0.3, -0.25) is 9.59 Å². The smallest absolute Gasteiger partial charge is 0.343 e. The minimum Gasteiger partial charge on any atom is -0.462 e. The lowest BCUT2D eigenvalue weighted by atomic mass is 10.1. The average molecular weight is 489 g/mol. The lowest BCUT2D eigenvalue weighted by molar-refractivity contribution is -0.116. The number of anilines is 1. The highest BCUT2D eigenvalue weighted by molar-refractivity contribution is 5.96. The van der Waals surface area contributed by atoms with E-state index in [0.29, 0.717) is 18.5 Å². The van der Waals surface area contributed by atoms with Crippen LogP contribution >= 0.6 is 0 Å². The minimum absolute atomic E-state index is 0.0380. The second-order valence-electron chi connectivity index (χ2n) is 9.06. The molecule has 6 nitrogen and oxygen atoms in total. The summed E-state index contributed by atoms with van der Waals surface area (Å²) in [6, 6.07) is 2.55. The fourth-order valence-electron chi connectivity index (χ4n) is 4.28. The number of fused-ring (bicyclic) bond motifs is 1. The molecule has 0 aliphatic heterocycles. The molecule has 0 aliphatic rings. The molecule has 1 aromatic heterocycles. The van der Waals surface area contributed by atoms with Gasteiger partial charge in [-0.25, -0.2) is 9.18 Å². The zero-order valence-corrected chi connectivity index (χ0v) is 21.6. The summed E-state index contributed by atoms with van der Waals surface area (Å²) in [5, 5.41) is 2.73. The summed E-state index contributed by atoms with van der Waals surface area (Å²) < 4.78 is 21.4. The predicted molar refractivity (Wildman–Crippen MR) is 140 cm³/mol. The molecule has 0 fully saturated rings. The van der Waals surface area contributed by atoms with Gasteiger partial charge < -0.3 is 14.6 Å². The number of halogens is 1. The molecule has 2 aromatic rings. The van der Waals surface area contributed by atoms with Crippen molar-refractivity contribution in [3.63, 3.8) is 0 Å². The summed E-state index contributed by atoms with van der Waals surface area (Å²) in [5.41, 5.74) is -0.220. The van der Waals surface area contributed by atoms with Gasteiger partial charge >= 0.3 is 5.97 Å². The zero-order chi connectivity index (χ0) is 25.6. The van der Waals surface area contributed by atoms with Gasteiger partial charge in [-0.15, -0.1) is 0 Å². The lowest BCUT2D eigenvalue weighted by Crippen LogP contribution is -2.21. The van der Waals surface area contributed by atoms with Gasteiger partial charge in [0, 0.05) is 24.5 Å². The monoisotopic (exact) mass is 488 g/mol. The Bertz CT molecular complexity index is 1030. The Hall–Kier alpha value is -2.70. The molecule has 0 radical (unpaired) electrons. The highest BCUT2D eigenvalue weighted by Crippen LogP contribution is 2.23. The number of pyridine rings is 1. The number of rotatable bonds is 16. The highest BCUT2D eigenvalue weighted by atomic mass is 19.1. The first-order chi connectivity index (χ1) is 16.9. The number of ether oxygens (including phenoxy) is 1. The van der Waals surface area contributed by atoms with E-state index < -0.39 is 17.2 Å². The first kappa shape index (κ1) is 28.5. The van der Waals surface area contributed by atoms with Crippen molar-refractivity contribution in [2.75, 3.05) is 11.9 Å². The highest BCUT2D eigenvalue weighted by Gasteiger charge is 2.18. The molecule has 0 aliphatic carbocycles.